The summed E-state index contributed by atoms with van der Waals surface area (Å²) in [6.45, 7) is 7.47. The molecule has 114 valence electrons. The third kappa shape index (κ3) is 3.01. The number of fused-ring (bicyclic) bond motifs is 1. The van der Waals surface area contributed by atoms with Gasteiger partial charge in [0.15, 0.2) is 0 Å². The van der Waals surface area contributed by atoms with Crippen molar-refractivity contribution >= 4 is 5.91 Å². The highest BCUT2D eigenvalue weighted by Crippen LogP contribution is 2.28. The summed E-state index contributed by atoms with van der Waals surface area (Å²) in [6.07, 6.45) is 4.95. The summed E-state index contributed by atoms with van der Waals surface area (Å²) in [4.78, 5) is 16.9. The minimum absolute atomic E-state index is 0.331. The molecule has 2 aliphatic heterocycles. The van der Waals surface area contributed by atoms with Crippen LogP contribution in [-0.2, 0) is 4.79 Å². The van der Waals surface area contributed by atoms with E-state index in [1.54, 1.807) is 0 Å². The molecule has 0 aromatic heterocycles. The molecule has 2 heterocycles. The van der Waals surface area contributed by atoms with Crippen LogP contribution in [0.2, 0.25) is 0 Å². The van der Waals surface area contributed by atoms with Gasteiger partial charge in [-0.2, -0.15) is 0 Å². The Balaban J connectivity index is 1.47. The van der Waals surface area contributed by atoms with Crippen LogP contribution in [0.5, 0.6) is 0 Å². The first kappa shape index (κ1) is 14.3. The standard InChI is InChI=1S/C16H29N3O/c1-12-3-5-15(6-4-12)18(2)16(20)11-19-9-13-7-17-8-14(13)10-19/h12-15,17H,3-11H2,1-2H3. The Kier molecular flexibility index (Phi) is 4.32. The van der Waals surface area contributed by atoms with Gasteiger partial charge in [-0.05, 0) is 56.5 Å². The van der Waals surface area contributed by atoms with Crippen LogP contribution in [0.15, 0.2) is 0 Å². The van der Waals surface area contributed by atoms with E-state index in [2.05, 4.69) is 17.1 Å². The van der Waals surface area contributed by atoms with Gasteiger partial charge in [0.1, 0.15) is 0 Å². The summed E-state index contributed by atoms with van der Waals surface area (Å²) in [5.41, 5.74) is 0. The van der Waals surface area contributed by atoms with Gasteiger partial charge in [-0.3, -0.25) is 9.69 Å². The SMILES string of the molecule is CC1CCC(N(C)C(=O)CN2CC3CNCC3C2)CC1. The molecule has 3 aliphatic rings. The van der Waals surface area contributed by atoms with E-state index in [9.17, 15) is 4.79 Å². The number of amides is 1. The zero-order valence-electron chi connectivity index (χ0n) is 13.0. The molecule has 1 amide bonds. The van der Waals surface area contributed by atoms with E-state index in [1.165, 1.54) is 25.7 Å². The molecule has 3 rings (SSSR count). The second-order valence-corrected chi connectivity index (χ2v) is 7.29. The Morgan fingerprint density at radius 1 is 1.15 bits per heavy atom. The molecular formula is C16H29N3O. The Hall–Kier alpha value is -0.610. The summed E-state index contributed by atoms with van der Waals surface area (Å²) < 4.78 is 0. The van der Waals surface area contributed by atoms with Gasteiger partial charge in [0.25, 0.3) is 0 Å². The van der Waals surface area contributed by atoms with Crippen LogP contribution in [0.1, 0.15) is 32.6 Å². The van der Waals surface area contributed by atoms with Gasteiger partial charge >= 0.3 is 0 Å². The number of rotatable bonds is 3. The van der Waals surface area contributed by atoms with Crippen molar-refractivity contribution in [3.63, 3.8) is 0 Å². The van der Waals surface area contributed by atoms with Crippen molar-refractivity contribution in [2.45, 2.75) is 38.6 Å². The van der Waals surface area contributed by atoms with Gasteiger partial charge < -0.3 is 10.2 Å². The van der Waals surface area contributed by atoms with E-state index in [0.717, 1.165) is 43.9 Å². The van der Waals surface area contributed by atoms with E-state index in [1.807, 2.05) is 11.9 Å². The molecule has 2 saturated heterocycles. The Morgan fingerprint density at radius 3 is 2.35 bits per heavy atom. The molecule has 0 aromatic rings. The summed E-state index contributed by atoms with van der Waals surface area (Å²) in [7, 11) is 2.02. The Bertz CT molecular complexity index is 340. The molecule has 2 atom stereocenters. The second-order valence-electron chi connectivity index (χ2n) is 7.29. The molecule has 1 aliphatic carbocycles. The maximum atomic E-state index is 12.5. The zero-order chi connectivity index (χ0) is 14.1. The van der Waals surface area contributed by atoms with E-state index in [-0.39, 0.29) is 0 Å². The first-order valence-electron chi connectivity index (χ1n) is 8.32. The van der Waals surface area contributed by atoms with Crippen LogP contribution >= 0.6 is 0 Å². The lowest BCUT2D eigenvalue weighted by molar-refractivity contribution is -0.133. The zero-order valence-corrected chi connectivity index (χ0v) is 13.0. The van der Waals surface area contributed by atoms with E-state index in [4.69, 9.17) is 0 Å². The van der Waals surface area contributed by atoms with Crippen molar-refractivity contribution < 1.29 is 4.79 Å². The highest BCUT2D eigenvalue weighted by atomic mass is 16.2. The third-order valence-electron chi connectivity index (χ3n) is 5.75. The molecule has 2 unspecified atom stereocenters. The van der Waals surface area contributed by atoms with E-state index in [0.29, 0.717) is 18.5 Å². The van der Waals surface area contributed by atoms with Crippen LogP contribution in [-0.4, -0.2) is 61.5 Å². The Labute approximate surface area is 122 Å². The van der Waals surface area contributed by atoms with Crippen LogP contribution in [0.25, 0.3) is 0 Å². The lowest BCUT2D eigenvalue weighted by atomic mass is 9.87. The highest BCUT2D eigenvalue weighted by molar-refractivity contribution is 5.78. The summed E-state index contributed by atoms with van der Waals surface area (Å²) in [5, 5.41) is 3.45. The van der Waals surface area contributed by atoms with Crippen LogP contribution in [0.4, 0.5) is 0 Å². The minimum Gasteiger partial charge on any atom is -0.342 e. The van der Waals surface area contributed by atoms with E-state index >= 15 is 0 Å². The normalized spacial score (nSPS) is 37.9. The molecule has 0 radical (unpaired) electrons. The average molecular weight is 279 g/mol. The second kappa shape index (κ2) is 6.02. The highest BCUT2D eigenvalue weighted by Gasteiger charge is 2.37. The van der Waals surface area contributed by atoms with Gasteiger partial charge in [-0.25, -0.2) is 0 Å². The van der Waals surface area contributed by atoms with Gasteiger partial charge in [-0.1, -0.05) is 6.92 Å². The molecule has 3 fully saturated rings. The van der Waals surface area contributed by atoms with Gasteiger partial charge in [-0.15, -0.1) is 0 Å². The molecular weight excluding hydrogens is 250 g/mol. The molecule has 4 heteroatoms. The van der Waals surface area contributed by atoms with Crippen molar-refractivity contribution in [3.8, 4) is 0 Å². The summed E-state index contributed by atoms with van der Waals surface area (Å²) in [6, 6.07) is 0.488. The van der Waals surface area contributed by atoms with Gasteiger partial charge in [0.05, 0.1) is 6.54 Å². The third-order valence-corrected chi connectivity index (χ3v) is 5.75. The lowest BCUT2D eigenvalue weighted by Gasteiger charge is -2.34. The van der Waals surface area contributed by atoms with E-state index < -0.39 is 0 Å². The number of nitrogens with one attached hydrogen (secondary N) is 1. The maximum Gasteiger partial charge on any atom is 0.236 e. The fourth-order valence-corrected chi connectivity index (χ4v) is 4.22. The predicted octanol–water partition coefficient (Wildman–Crippen LogP) is 1.17. The fourth-order valence-electron chi connectivity index (χ4n) is 4.22. The van der Waals surface area contributed by atoms with Crippen LogP contribution in [0.3, 0.4) is 0 Å². The number of carbonyl (C=O) groups excluding carboxylic acids is 1. The molecule has 1 N–H and O–H groups in total. The number of nitrogens with zero attached hydrogens (tertiary/aromatic N) is 2. The summed E-state index contributed by atoms with van der Waals surface area (Å²) >= 11 is 0. The number of hydrogen-bond acceptors (Lipinski definition) is 3. The smallest absolute Gasteiger partial charge is 0.236 e. The van der Waals surface area contributed by atoms with Gasteiger partial charge in [0, 0.05) is 26.2 Å². The molecule has 0 aromatic carbocycles. The summed E-state index contributed by atoms with van der Waals surface area (Å²) in [5.74, 6) is 2.74. The van der Waals surface area contributed by atoms with Crippen molar-refractivity contribution in [1.82, 2.24) is 15.1 Å². The molecule has 4 nitrogen and oxygen atoms in total. The van der Waals surface area contributed by atoms with Crippen molar-refractivity contribution in [2.24, 2.45) is 17.8 Å². The maximum absolute atomic E-state index is 12.5. The quantitative estimate of drug-likeness (QED) is 0.842. The fraction of sp³-hybridized carbons (Fsp3) is 0.938. The first-order chi connectivity index (χ1) is 9.63. The van der Waals surface area contributed by atoms with Gasteiger partial charge in [0.2, 0.25) is 5.91 Å². The lowest BCUT2D eigenvalue weighted by Crippen LogP contribution is -2.44. The number of likely N-dealkylation sites (N-methyl/N-ethyl adjacent to an activating group) is 1. The molecule has 0 spiro atoms. The average Bonchev–Trinajstić information content (AvgIpc) is 2.99. The Morgan fingerprint density at radius 2 is 1.75 bits per heavy atom. The van der Waals surface area contributed by atoms with Crippen molar-refractivity contribution in [2.75, 3.05) is 39.8 Å². The molecule has 0 bridgehead atoms. The first-order valence-corrected chi connectivity index (χ1v) is 8.32. The monoisotopic (exact) mass is 279 g/mol. The number of likely N-dealkylation sites (tertiary alicyclic amines) is 1. The van der Waals surface area contributed by atoms with Crippen molar-refractivity contribution in [3.05, 3.63) is 0 Å². The molecule has 1 saturated carbocycles. The predicted molar refractivity (Wildman–Crippen MR) is 80.5 cm³/mol. The van der Waals surface area contributed by atoms with Crippen molar-refractivity contribution in [1.29, 1.82) is 0 Å². The topological polar surface area (TPSA) is 35.6 Å². The van der Waals surface area contributed by atoms with Crippen LogP contribution < -0.4 is 5.32 Å². The number of hydrogen-bond donors (Lipinski definition) is 1. The largest absolute Gasteiger partial charge is 0.342 e. The number of carbonyl (C=O) groups is 1. The van der Waals surface area contributed by atoms with Crippen LogP contribution in [0, 0.1) is 17.8 Å². The minimum atomic E-state index is 0.331. The molecule has 20 heavy (non-hydrogen) atoms.